The third kappa shape index (κ3) is 4.74. The van der Waals surface area contributed by atoms with Gasteiger partial charge < -0.3 is 4.57 Å². The molecule has 0 saturated carbocycles. The topological polar surface area (TPSA) is 30.7 Å². The zero-order valence-electron chi connectivity index (χ0n) is 30.8. The smallest absolute Gasteiger partial charge is 0.136 e. The first-order chi connectivity index (χ1) is 26.5. The normalized spacial score (nSPS) is 18.5. The Labute approximate surface area is 316 Å². The number of nitrogens with zero attached hydrogens (tertiary/aromatic N) is 3. The SMILES string of the molecule is CC1(C)c2ccccc2-c2ccc3c4ccccc4n(C4=CCC(c5nc(C6=CC=C(C7=Cc8ccccc8CC7)CC6)c6ccccc6n5)C=C4)c3c21. The van der Waals surface area contributed by atoms with Crippen molar-refractivity contribution in [2.45, 2.75) is 57.3 Å². The number of rotatable bonds is 4. The Bertz CT molecular complexity index is 2890. The van der Waals surface area contributed by atoms with Gasteiger partial charge in [0.2, 0.25) is 0 Å². The first kappa shape index (κ1) is 31.5. The molecule has 0 amide bonds. The summed E-state index contributed by atoms with van der Waals surface area (Å²) in [5.74, 6) is 0.997. The quantitative estimate of drug-likeness (QED) is 0.183. The van der Waals surface area contributed by atoms with Gasteiger partial charge in [0.25, 0.3) is 0 Å². The summed E-state index contributed by atoms with van der Waals surface area (Å²) in [6.07, 6.45) is 19.2. The van der Waals surface area contributed by atoms with Gasteiger partial charge in [0.05, 0.1) is 22.2 Å². The molecule has 4 aliphatic rings. The number of aromatic nitrogens is 3. The maximum absolute atomic E-state index is 5.38. The Balaban J connectivity index is 0.968. The minimum absolute atomic E-state index is 0.0966. The summed E-state index contributed by atoms with van der Waals surface area (Å²) < 4.78 is 2.52. The van der Waals surface area contributed by atoms with Crippen LogP contribution in [0.2, 0.25) is 0 Å². The summed E-state index contributed by atoms with van der Waals surface area (Å²) in [5, 5.41) is 3.74. The van der Waals surface area contributed by atoms with Crippen LogP contribution in [0, 0.1) is 0 Å². The van der Waals surface area contributed by atoms with Crippen LogP contribution in [0.15, 0.2) is 151 Å². The molecule has 3 heteroatoms. The third-order valence-corrected chi connectivity index (χ3v) is 12.6. The van der Waals surface area contributed by atoms with Crippen LogP contribution in [0.3, 0.4) is 0 Å². The standard InChI is InChI=1S/C51H41N3/c1-51(2)44-16-8-5-13-39(44)41-29-30-42-40-14-7-10-18-46(40)54(49(42)47(41)51)38-27-25-35(26-28-38)50-52-45-17-9-6-15-43(45)48(53-50)34-22-19-33(20-23-34)37-24-21-32-11-3-4-12-36(32)31-37/h3-19,22,25,27-31,35H,20-21,23-24,26H2,1-2H3. The van der Waals surface area contributed by atoms with Gasteiger partial charge in [-0.25, -0.2) is 9.97 Å². The number of allylic oxidation sites excluding steroid dienone is 9. The molecule has 5 aromatic carbocycles. The first-order valence-corrected chi connectivity index (χ1v) is 19.5. The van der Waals surface area contributed by atoms with E-state index in [9.17, 15) is 0 Å². The second-order valence-electron chi connectivity index (χ2n) is 15.9. The van der Waals surface area contributed by atoms with Gasteiger partial charge >= 0.3 is 0 Å². The fourth-order valence-corrected chi connectivity index (χ4v) is 9.84. The lowest BCUT2D eigenvalue weighted by molar-refractivity contribution is 0.664. The zero-order chi connectivity index (χ0) is 36.0. The molecule has 0 spiro atoms. The Morgan fingerprint density at radius 2 is 1.41 bits per heavy atom. The largest absolute Gasteiger partial charge is 0.309 e. The van der Waals surface area contributed by atoms with E-state index in [0.717, 1.165) is 54.5 Å². The highest BCUT2D eigenvalue weighted by atomic mass is 15.0. The van der Waals surface area contributed by atoms with E-state index in [2.05, 4.69) is 164 Å². The molecule has 2 aromatic heterocycles. The van der Waals surface area contributed by atoms with Crippen LogP contribution in [-0.2, 0) is 11.8 Å². The van der Waals surface area contributed by atoms with E-state index >= 15 is 0 Å². The Hall–Kier alpha value is -6.06. The van der Waals surface area contributed by atoms with Gasteiger partial charge in [0, 0.05) is 33.2 Å². The predicted molar refractivity (Wildman–Crippen MR) is 225 cm³/mol. The van der Waals surface area contributed by atoms with Crippen molar-refractivity contribution in [3.63, 3.8) is 0 Å². The number of hydrogen-bond acceptors (Lipinski definition) is 2. The molecule has 0 aliphatic heterocycles. The predicted octanol–water partition coefficient (Wildman–Crippen LogP) is 12.8. The first-order valence-electron chi connectivity index (χ1n) is 19.5. The van der Waals surface area contributed by atoms with E-state index in [4.69, 9.17) is 9.97 Å². The molecule has 0 fully saturated rings. The molecule has 2 heterocycles. The molecule has 54 heavy (non-hydrogen) atoms. The van der Waals surface area contributed by atoms with E-state index in [1.807, 2.05) is 0 Å². The summed E-state index contributed by atoms with van der Waals surface area (Å²) in [4.78, 5) is 10.6. The van der Waals surface area contributed by atoms with Crippen molar-refractivity contribution >= 4 is 50.1 Å². The fraction of sp³-hybridized carbons (Fsp3) is 0.176. The summed E-state index contributed by atoms with van der Waals surface area (Å²) in [7, 11) is 0. The van der Waals surface area contributed by atoms with Crippen LogP contribution < -0.4 is 0 Å². The number of fused-ring (bicyclic) bond motifs is 9. The average molecular weight is 696 g/mol. The van der Waals surface area contributed by atoms with Crippen molar-refractivity contribution in [2.24, 2.45) is 0 Å². The maximum atomic E-state index is 5.38. The minimum Gasteiger partial charge on any atom is -0.309 e. The molecule has 11 rings (SSSR count). The second-order valence-corrected chi connectivity index (χ2v) is 15.9. The van der Waals surface area contributed by atoms with Gasteiger partial charge in [0.1, 0.15) is 5.82 Å². The molecular formula is C51H41N3. The van der Waals surface area contributed by atoms with Crippen molar-refractivity contribution < 1.29 is 0 Å². The van der Waals surface area contributed by atoms with Crippen molar-refractivity contribution in [2.75, 3.05) is 0 Å². The highest BCUT2D eigenvalue weighted by Crippen LogP contribution is 2.53. The van der Waals surface area contributed by atoms with E-state index in [-0.39, 0.29) is 11.3 Å². The molecule has 0 radical (unpaired) electrons. The second kappa shape index (κ2) is 12.0. The molecule has 1 atom stereocenters. The Morgan fingerprint density at radius 3 is 2.28 bits per heavy atom. The molecule has 1 unspecified atom stereocenters. The summed E-state index contributed by atoms with van der Waals surface area (Å²) in [5.41, 5.74) is 18.4. The molecule has 0 N–H and O–H groups in total. The van der Waals surface area contributed by atoms with Gasteiger partial charge in [-0.3, -0.25) is 0 Å². The summed E-state index contributed by atoms with van der Waals surface area (Å²) >= 11 is 0. The van der Waals surface area contributed by atoms with Gasteiger partial charge in [-0.15, -0.1) is 0 Å². The molecule has 4 aliphatic carbocycles. The van der Waals surface area contributed by atoms with Crippen LogP contribution in [0.1, 0.15) is 79.2 Å². The van der Waals surface area contributed by atoms with Crippen molar-refractivity contribution in [1.29, 1.82) is 0 Å². The fourth-order valence-electron chi connectivity index (χ4n) is 9.84. The van der Waals surface area contributed by atoms with Crippen LogP contribution in [-0.4, -0.2) is 14.5 Å². The highest BCUT2D eigenvalue weighted by Gasteiger charge is 2.38. The van der Waals surface area contributed by atoms with Crippen molar-refractivity contribution in [3.05, 3.63) is 184 Å². The zero-order valence-corrected chi connectivity index (χ0v) is 30.8. The number of aryl methyl sites for hydroxylation is 1. The van der Waals surface area contributed by atoms with Crippen LogP contribution in [0.4, 0.5) is 0 Å². The molecule has 3 nitrogen and oxygen atoms in total. The monoisotopic (exact) mass is 695 g/mol. The van der Waals surface area contributed by atoms with Gasteiger partial charge in [-0.05, 0) is 100 Å². The van der Waals surface area contributed by atoms with Crippen LogP contribution in [0.25, 0.3) is 61.2 Å². The number of para-hydroxylation sites is 2. The van der Waals surface area contributed by atoms with E-state index < -0.39 is 0 Å². The summed E-state index contributed by atoms with van der Waals surface area (Å²) in [6, 6.07) is 39.9. The van der Waals surface area contributed by atoms with Gasteiger partial charge in [-0.2, -0.15) is 0 Å². The molecule has 0 bridgehead atoms. The lowest BCUT2D eigenvalue weighted by atomic mass is 9.81. The highest BCUT2D eigenvalue weighted by molar-refractivity contribution is 6.14. The summed E-state index contributed by atoms with van der Waals surface area (Å²) in [6.45, 7) is 4.78. The number of benzene rings is 5. The lowest BCUT2D eigenvalue weighted by Gasteiger charge is -2.25. The Kier molecular flexibility index (Phi) is 6.98. The van der Waals surface area contributed by atoms with Crippen molar-refractivity contribution in [3.8, 4) is 11.1 Å². The van der Waals surface area contributed by atoms with Crippen LogP contribution in [0.5, 0.6) is 0 Å². The molecule has 260 valence electrons. The molecule has 7 aromatic rings. The van der Waals surface area contributed by atoms with Crippen LogP contribution >= 0.6 is 0 Å². The third-order valence-electron chi connectivity index (χ3n) is 12.6. The van der Waals surface area contributed by atoms with E-state index in [0.29, 0.717) is 0 Å². The lowest BCUT2D eigenvalue weighted by Crippen LogP contribution is -2.17. The maximum Gasteiger partial charge on any atom is 0.136 e. The Morgan fingerprint density at radius 1 is 0.648 bits per heavy atom. The minimum atomic E-state index is -0.114. The number of hydrogen-bond donors (Lipinski definition) is 0. The van der Waals surface area contributed by atoms with Gasteiger partial charge in [0.15, 0.2) is 0 Å². The molecular weight excluding hydrogens is 655 g/mol. The van der Waals surface area contributed by atoms with Crippen molar-refractivity contribution in [1.82, 2.24) is 14.5 Å². The van der Waals surface area contributed by atoms with Gasteiger partial charge in [-0.1, -0.05) is 141 Å². The average Bonchev–Trinajstić information content (AvgIpc) is 3.69. The van der Waals surface area contributed by atoms with E-state index in [1.54, 1.807) is 0 Å². The molecule has 0 saturated heterocycles. The van der Waals surface area contributed by atoms with E-state index in [1.165, 1.54) is 77.6 Å².